The van der Waals surface area contributed by atoms with E-state index in [4.69, 9.17) is 0 Å². The van der Waals surface area contributed by atoms with E-state index in [1.165, 1.54) is 0 Å². The van der Waals surface area contributed by atoms with Crippen molar-refractivity contribution in [2.24, 2.45) is 0 Å². The van der Waals surface area contributed by atoms with Crippen molar-refractivity contribution in [1.29, 1.82) is 0 Å². The summed E-state index contributed by atoms with van der Waals surface area (Å²) >= 11 is 0. The molecule has 0 aromatic heterocycles. The summed E-state index contributed by atoms with van der Waals surface area (Å²) in [6.45, 7) is 6.52. The summed E-state index contributed by atoms with van der Waals surface area (Å²) in [6.07, 6.45) is 1.29. The van der Waals surface area contributed by atoms with Gasteiger partial charge in [0.1, 0.15) is 0 Å². The number of amides is 2. The largest absolute Gasteiger partial charge is 0.356 e. The van der Waals surface area contributed by atoms with Crippen molar-refractivity contribution in [1.82, 2.24) is 5.32 Å². The van der Waals surface area contributed by atoms with Gasteiger partial charge in [0.2, 0.25) is 11.8 Å². The third kappa shape index (κ3) is 2.62. The Hall–Kier alpha value is -1.84. The zero-order valence-corrected chi connectivity index (χ0v) is 11.7. The highest BCUT2D eigenvalue weighted by Gasteiger charge is 2.38. The van der Waals surface area contributed by atoms with E-state index in [0.717, 1.165) is 23.2 Å². The number of carbonyl (C=O) groups excluding carboxylic acids is 2. The molecule has 4 heteroatoms. The predicted octanol–water partition coefficient (Wildman–Crippen LogP) is 1.98. The first-order valence-electron chi connectivity index (χ1n) is 6.66. The summed E-state index contributed by atoms with van der Waals surface area (Å²) in [7, 11) is 0. The lowest BCUT2D eigenvalue weighted by Crippen LogP contribution is -2.27. The van der Waals surface area contributed by atoms with E-state index >= 15 is 0 Å². The maximum atomic E-state index is 11.8. The SMILES string of the molecule is CCCNC(=O)Cc1ccc2c(c1)C(C)(C)C(=O)N2. The molecule has 0 fully saturated rings. The van der Waals surface area contributed by atoms with Crippen LogP contribution >= 0.6 is 0 Å². The molecule has 0 saturated heterocycles. The lowest BCUT2D eigenvalue weighted by Gasteiger charge is -2.15. The van der Waals surface area contributed by atoms with Crippen LogP contribution in [0.3, 0.4) is 0 Å². The van der Waals surface area contributed by atoms with Gasteiger partial charge >= 0.3 is 0 Å². The average molecular weight is 260 g/mol. The van der Waals surface area contributed by atoms with Gasteiger partial charge in [-0.15, -0.1) is 0 Å². The summed E-state index contributed by atoms with van der Waals surface area (Å²) in [5, 5.41) is 5.72. The molecule has 2 rings (SSSR count). The topological polar surface area (TPSA) is 58.2 Å². The number of fused-ring (bicyclic) bond motifs is 1. The lowest BCUT2D eigenvalue weighted by atomic mass is 9.85. The molecule has 102 valence electrons. The van der Waals surface area contributed by atoms with Gasteiger partial charge in [0, 0.05) is 12.2 Å². The Morgan fingerprint density at radius 3 is 2.79 bits per heavy atom. The van der Waals surface area contributed by atoms with Crippen molar-refractivity contribution in [2.75, 3.05) is 11.9 Å². The predicted molar refractivity (Wildman–Crippen MR) is 75.1 cm³/mol. The Morgan fingerprint density at radius 2 is 2.11 bits per heavy atom. The van der Waals surface area contributed by atoms with Crippen LogP contribution in [-0.2, 0) is 21.4 Å². The number of hydrogen-bond donors (Lipinski definition) is 2. The molecule has 0 bridgehead atoms. The Morgan fingerprint density at radius 1 is 1.37 bits per heavy atom. The highest BCUT2D eigenvalue weighted by molar-refractivity contribution is 6.05. The molecule has 0 saturated carbocycles. The third-order valence-electron chi connectivity index (χ3n) is 3.51. The van der Waals surface area contributed by atoms with Crippen molar-refractivity contribution >= 4 is 17.5 Å². The van der Waals surface area contributed by atoms with E-state index < -0.39 is 5.41 Å². The molecule has 1 aromatic carbocycles. The number of nitrogens with one attached hydrogen (secondary N) is 2. The maximum absolute atomic E-state index is 11.8. The van der Waals surface area contributed by atoms with E-state index in [1.54, 1.807) is 0 Å². The summed E-state index contributed by atoms with van der Waals surface area (Å²) in [5.74, 6) is 0.0342. The molecular weight excluding hydrogens is 240 g/mol. The van der Waals surface area contributed by atoms with E-state index in [0.29, 0.717) is 13.0 Å². The van der Waals surface area contributed by atoms with Crippen LogP contribution in [0.4, 0.5) is 5.69 Å². The minimum absolute atomic E-state index is 0.00934. The number of carbonyl (C=O) groups is 2. The van der Waals surface area contributed by atoms with Crippen LogP contribution < -0.4 is 10.6 Å². The number of hydrogen-bond acceptors (Lipinski definition) is 2. The smallest absolute Gasteiger partial charge is 0.234 e. The van der Waals surface area contributed by atoms with Crippen LogP contribution in [0.15, 0.2) is 18.2 Å². The summed E-state index contributed by atoms with van der Waals surface area (Å²) in [6, 6.07) is 5.73. The molecule has 1 aromatic rings. The highest BCUT2D eigenvalue weighted by Crippen LogP contribution is 2.37. The van der Waals surface area contributed by atoms with Gasteiger partial charge in [-0.25, -0.2) is 0 Å². The molecule has 1 aliphatic rings. The average Bonchev–Trinajstić information content (AvgIpc) is 2.59. The van der Waals surface area contributed by atoms with Gasteiger partial charge in [-0.05, 0) is 37.5 Å². The molecule has 0 aliphatic carbocycles. The van der Waals surface area contributed by atoms with Crippen molar-refractivity contribution in [3.8, 4) is 0 Å². The number of rotatable bonds is 4. The minimum atomic E-state index is -0.523. The Kier molecular flexibility index (Phi) is 3.60. The van der Waals surface area contributed by atoms with Crippen molar-refractivity contribution < 1.29 is 9.59 Å². The molecule has 2 N–H and O–H groups in total. The van der Waals surface area contributed by atoms with Crippen LogP contribution in [0.2, 0.25) is 0 Å². The van der Waals surface area contributed by atoms with Crippen molar-refractivity contribution in [3.05, 3.63) is 29.3 Å². The zero-order valence-electron chi connectivity index (χ0n) is 11.7. The molecule has 1 heterocycles. The summed E-state index contributed by atoms with van der Waals surface area (Å²) in [5.41, 5.74) is 2.24. The molecule has 1 aliphatic heterocycles. The first-order chi connectivity index (χ1) is 8.95. The molecule has 2 amide bonds. The monoisotopic (exact) mass is 260 g/mol. The molecule has 19 heavy (non-hydrogen) atoms. The highest BCUT2D eigenvalue weighted by atomic mass is 16.2. The van der Waals surface area contributed by atoms with E-state index in [9.17, 15) is 9.59 Å². The number of benzene rings is 1. The van der Waals surface area contributed by atoms with Gasteiger partial charge in [-0.1, -0.05) is 19.1 Å². The molecular formula is C15H20N2O2. The van der Waals surface area contributed by atoms with Crippen LogP contribution in [0.25, 0.3) is 0 Å². The van der Waals surface area contributed by atoms with Gasteiger partial charge in [0.15, 0.2) is 0 Å². The van der Waals surface area contributed by atoms with Gasteiger partial charge in [0.05, 0.1) is 11.8 Å². The fourth-order valence-electron chi connectivity index (χ4n) is 2.24. The Labute approximate surface area is 113 Å². The molecule has 0 atom stereocenters. The molecule has 4 nitrogen and oxygen atoms in total. The quantitative estimate of drug-likeness (QED) is 0.869. The summed E-state index contributed by atoms with van der Waals surface area (Å²) in [4.78, 5) is 23.5. The first kappa shape index (κ1) is 13.6. The van der Waals surface area contributed by atoms with E-state index in [2.05, 4.69) is 10.6 Å². The zero-order chi connectivity index (χ0) is 14.0. The standard InChI is InChI=1S/C15H20N2O2/c1-4-7-16-13(18)9-10-5-6-12-11(8-10)15(2,3)14(19)17-12/h5-6,8H,4,7,9H2,1-3H3,(H,16,18)(H,17,19). The van der Waals surface area contributed by atoms with E-state index in [-0.39, 0.29) is 11.8 Å². The molecule has 0 unspecified atom stereocenters. The molecule has 0 spiro atoms. The third-order valence-corrected chi connectivity index (χ3v) is 3.51. The Balaban J connectivity index is 2.16. The van der Waals surface area contributed by atoms with E-state index in [1.807, 2.05) is 39.0 Å². The Bertz CT molecular complexity index is 521. The van der Waals surface area contributed by atoms with Crippen molar-refractivity contribution in [2.45, 2.75) is 39.0 Å². The normalized spacial score (nSPS) is 15.8. The minimum Gasteiger partial charge on any atom is -0.356 e. The summed E-state index contributed by atoms with van der Waals surface area (Å²) < 4.78 is 0. The fourth-order valence-corrected chi connectivity index (χ4v) is 2.24. The van der Waals surface area contributed by atoms with Crippen LogP contribution in [0, 0.1) is 0 Å². The van der Waals surface area contributed by atoms with Crippen LogP contribution in [0.5, 0.6) is 0 Å². The van der Waals surface area contributed by atoms with Crippen molar-refractivity contribution in [3.63, 3.8) is 0 Å². The lowest BCUT2D eigenvalue weighted by molar-refractivity contribution is -0.120. The second kappa shape index (κ2) is 5.03. The van der Waals surface area contributed by atoms with Gasteiger partial charge in [-0.2, -0.15) is 0 Å². The maximum Gasteiger partial charge on any atom is 0.234 e. The second-order valence-corrected chi connectivity index (χ2v) is 5.49. The first-order valence-corrected chi connectivity index (χ1v) is 6.66. The van der Waals surface area contributed by atoms with Crippen LogP contribution in [-0.4, -0.2) is 18.4 Å². The van der Waals surface area contributed by atoms with Gasteiger partial charge in [-0.3, -0.25) is 9.59 Å². The second-order valence-electron chi connectivity index (χ2n) is 5.49. The molecule has 0 radical (unpaired) electrons. The van der Waals surface area contributed by atoms with Crippen LogP contribution in [0.1, 0.15) is 38.3 Å². The van der Waals surface area contributed by atoms with Gasteiger partial charge in [0.25, 0.3) is 0 Å². The van der Waals surface area contributed by atoms with Gasteiger partial charge < -0.3 is 10.6 Å². The fraction of sp³-hybridized carbons (Fsp3) is 0.467. The number of anilines is 1.